The molecule has 36 nitrogen and oxygen atoms in total. The van der Waals surface area contributed by atoms with E-state index in [0.29, 0.717) is 102 Å². The van der Waals surface area contributed by atoms with Gasteiger partial charge in [0.15, 0.2) is 0 Å². The lowest BCUT2D eigenvalue weighted by molar-refractivity contribution is -0.224. The SMILES string of the molecule is C=C(C)C(=O)OC(C)(C)C(=O)OC1(C)CCC2CC1(C)OC2=O.C=C(C)C(=O)OC(C)(C)C(=O)OC1CC2CC1C1C(=O)OCC21.C=C(C)C(=O)OC(C)(C)C(=O)OC1CC2CCC1(C)OC2=O.C=C(C)C(=O)OC(C)(C)C(=O)OC1CCC2CC1(C)OC2=O.C=C(C)C(=O)OC(C)(C)C(=O)OC1CCC2CC1OC2=O.C=CC(=O)OC(C)(C)C(=O)OC1(C)CCC2CC1(C)OC2=O. The number of rotatable bonds is 24. The van der Waals surface area contributed by atoms with Gasteiger partial charge in [-0.05, 0) is 242 Å². The number of cyclic esters (lactones) is 1. The van der Waals surface area contributed by atoms with Crippen molar-refractivity contribution in [3.05, 3.63) is 73.4 Å². The first-order valence-corrected chi connectivity index (χ1v) is 44.8. The van der Waals surface area contributed by atoms with Crippen molar-refractivity contribution in [3.63, 3.8) is 0 Å². The van der Waals surface area contributed by atoms with E-state index in [2.05, 4.69) is 39.5 Å². The van der Waals surface area contributed by atoms with Crippen LogP contribution in [0.5, 0.6) is 0 Å². The Kier molecular flexibility index (Phi) is 32.1. The summed E-state index contributed by atoms with van der Waals surface area (Å²) in [7, 11) is 0. The van der Waals surface area contributed by atoms with Crippen LogP contribution in [0.1, 0.15) is 268 Å². The van der Waals surface area contributed by atoms with Gasteiger partial charge >= 0.3 is 107 Å². The zero-order valence-electron chi connectivity index (χ0n) is 80.8. The van der Waals surface area contributed by atoms with E-state index in [4.69, 9.17) is 85.3 Å². The van der Waals surface area contributed by atoms with E-state index in [1.807, 2.05) is 0 Å². The molecule has 14 fully saturated rings. The summed E-state index contributed by atoms with van der Waals surface area (Å²) in [5.74, 6) is -9.25. The molecule has 7 heterocycles. The van der Waals surface area contributed by atoms with Gasteiger partial charge in [0.25, 0.3) is 0 Å². The Labute approximate surface area is 775 Å². The molecule has 0 aromatic rings. The molecule has 7 aliphatic carbocycles. The van der Waals surface area contributed by atoms with Gasteiger partial charge in [0, 0.05) is 77.9 Å². The van der Waals surface area contributed by atoms with Crippen molar-refractivity contribution in [1.29, 1.82) is 0 Å². The molecule has 0 spiro atoms. The van der Waals surface area contributed by atoms with Gasteiger partial charge in [0.05, 0.1) is 42.1 Å². The zero-order chi connectivity index (χ0) is 101. The van der Waals surface area contributed by atoms with E-state index < -0.39 is 157 Å². The first-order chi connectivity index (χ1) is 60.9. The summed E-state index contributed by atoms with van der Waals surface area (Å²) in [4.78, 5) is 214. The fourth-order valence-corrected chi connectivity index (χ4v) is 18.0. The number of hydrogen-bond donors (Lipinski definition) is 0. The van der Waals surface area contributed by atoms with Crippen molar-refractivity contribution < 1.29 is 172 Å². The van der Waals surface area contributed by atoms with E-state index in [1.165, 1.54) is 118 Å². The minimum atomic E-state index is -1.45. The highest BCUT2D eigenvalue weighted by Crippen LogP contribution is 2.57. The minimum Gasteiger partial charge on any atom is -0.465 e. The smallest absolute Gasteiger partial charge is 0.350 e. The number of fused-ring (bicyclic) bond motifs is 16. The summed E-state index contributed by atoms with van der Waals surface area (Å²) in [5.41, 5.74) is -12.6. The maximum atomic E-state index is 12.5. The average Bonchev–Trinajstić information content (AvgIpc) is 1.62. The van der Waals surface area contributed by atoms with Crippen molar-refractivity contribution in [2.45, 2.75) is 366 Å². The second-order valence-corrected chi connectivity index (χ2v) is 41.3. The van der Waals surface area contributed by atoms with Crippen LogP contribution in [0.2, 0.25) is 0 Å². The Morgan fingerprint density at radius 1 is 0.353 bits per heavy atom. The predicted molar refractivity (Wildman–Crippen MR) is 463 cm³/mol. The van der Waals surface area contributed by atoms with E-state index in [1.54, 1.807) is 41.5 Å². The maximum absolute atomic E-state index is 12.5. The van der Waals surface area contributed by atoms with E-state index in [9.17, 15) is 86.3 Å². The van der Waals surface area contributed by atoms with Gasteiger partial charge in [-0.15, -0.1) is 0 Å². The maximum Gasteiger partial charge on any atom is 0.350 e. The third-order valence-corrected chi connectivity index (χ3v) is 27.1. The van der Waals surface area contributed by atoms with Crippen LogP contribution in [0.15, 0.2) is 73.4 Å². The molecule has 736 valence electrons. The highest BCUT2D eigenvalue weighted by Gasteiger charge is 2.66. The van der Waals surface area contributed by atoms with Crippen LogP contribution in [-0.4, -0.2) is 212 Å². The van der Waals surface area contributed by atoms with Crippen molar-refractivity contribution in [3.8, 4) is 0 Å². The summed E-state index contributed by atoms with van der Waals surface area (Å²) in [6, 6.07) is 0. The Balaban J connectivity index is 0.000000197. The number of esters is 18. The Bertz CT molecular complexity index is 4680. The molecule has 14 rings (SSSR count). The Morgan fingerprint density at radius 2 is 0.707 bits per heavy atom. The van der Waals surface area contributed by atoms with Crippen LogP contribution in [0.4, 0.5) is 0 Å². The first kappa shape index (κ1) is 107. The van der Waals surface area contributed by atoms with Crippen LogP contribution in [0.25, 0.3) is 0 Å². The van der Waals surface area contributed by atoms with E-state index in [-0.39, 0.29) is 123 Å². The highest BCUT2D eigenvalue weighted by atomic mass is 16.7. The molecule has 20 unspecified atom stereocenters. The topological polar surface area (TPSA) is 473 Å². The van der Waals surface area contributed by atoms with Gasteiger partial charge in [0.2, 0.25) is 33.6 Å². The third kappa shape index (κ3) is 24.4. The molecule has 20 atom stereocenters. The van der Waals surface area contributed by atoms with E-state index >= 15 is 0 Å². The first-order valence-electron chi connectivity index (χ1n) is 44.8. The molecule has 36 heteroatoms. The normalized spacial score (nSPS) is 31.8. The summed E-state index contributed by atoms with van der Waals surface area (Å²) >= 11 is 0. The fraction of sp³-hybridized carbons (Fsp3) is 0.691. The zero-order valence-corrected chi connectivity index (χ0v) is 80.8. The molecule has 7 saturated heterocycles. The summed E-state index contributed by atoms with van der Waals surface area (Å²) in [6.07, 6.45) is 9.21. The molecule has 0 N–H and O–H groups in total. The Morgan fingerprint density at radius 3 is 1.12 bits per heavy atom. The third-order valence-electron chi connectivity index (χ3n) is 27.1. The van der Waals surface area contributed by atoms with Crippen LogP contribution < -0.4 is 0 Å². The molecule has 0 amide bonds. The number of carbonyl (C=O) groups excluding carboxylic acids is 18. The van der Waals surface area contributed by atoms with E-state index in [0.717, 1.165) is 25.3 Å². The number of hydrogen-bond acceptors (Lipinski definition) is 36. The van der Waals surface area contributed by atoms with Gasteiger partial charge in [0.1, 0.15) is 64.1 Å². The molecular weight excluding hydrogens is 1740 g/mol. The monoisotopic (exact) mass is 1870 g/mol. The quantitative estimate of drug-likeness (QED) is 0.0492. The minimum absolute atomic E-state index is 0.0246. The molecule has 7 aliphatic heterocycles. The van der Waals surface area contributed by atoms with Crippen LogP contribution in [0.3, 0.4) is 0 Å². The second-order valence-electron chi connectivity index (χ2n) is 41.3. The molecule has 0 aromatic heterocycles. The standard InChI is InChI=1S/C17H22O6.C17H24O6.3C16H22O6.C15H20O6/c1-8(2)14(18)23-17(3,4)16(20)22-12-6-9-5-10(12)13-11(9)7-21-15(13)19;1-10(2)12(18)21-15(3,4)14(20)23-16(5)8-7-11-9-17(16,6)22-13(11)19;1-9(2)12(17)21-15(3,4)14(19)20-11-8-10-6-7-16(11,5)22-13(10)18;1-9(2)12(17)21-15(3,4)14(19)20-11-7-6-10-8-16(11,5)22-13(10)18;1-6-11(17)20-14(2,3)13(19)22-15(4)8-7-10-9-16(15,5)21-12(10)18;1-8(2)12(16)21-15(3,4)14(18)20-10-6-5-9-7-11(10)19-13(9)17/h9-13H,1,5-7H2,2-4H3;11H,1,7-9H2,2-6H3;2*10-11H,1,6-8H2,2-5H3;6,10H,1,7-9H2,2-5H3;9-11H,1,5-7H2,2-4H3. The molecule has 7 saturated carbocycles. The Hall–Kier alpha value is -11.1. The van der Waals surface area contributed by atoms with Crippen molar-refractivity contribution in [1.82, 2.24) is 0 Å². The van der Waals surface area contributed by atoms with Gasteiger partial charge < -0.3 is 85.3 Å². The largest absolute Gasteiger partial charge is 0.465 e. The summed E-state index contributed by atoms with van der Waals surface area (Å²) < 4.78 is 96.0. The van der Waals surface area contributed by atoms with Crippen molar-refractivity contribution >= 4 is 107 Å². The molecule has 133 heavy (non-hydrogen) atoms. The van der Waals surface area contributed by atoms with Gasteiger partial charge in [-0.3, -0.25) is 28.8 Å². The van der Waals surface area contributed by atoms with Crippen LogP contribution in [0, 0.1) is 53.3 Å². The summed E-state index contributed by atoms with van der Waals surface area (Å²) in [5, 5.41) is 0. The molecule has 12 bridgehead atoms. The lowest BCUT2D eigenvalue weighted by Crippen LogP contribution is -2.58. The molecule has 0 aromatic carbocycles. The van der Waals surface area contributed by atoms with Crippen molar-refractivity contribution in [2.24, 2.45) is 53.3 Å². The number of ether oxygens (including phenoxy) is 18. The molecule has 0 radical (unpaired) electrons. The van der Waals surface area contributed by atoms with Crippen LogP contribution in [-0.2, 0) is 172 Å². The highest BCUT2D eigenvalue weighted by molar-refractivity contribution is 5.95. The van der Waals surface area contributed by atoms with Crippen molar-refractivity contribution in [2.75, 3.05) is 6.61 Å². The van der Waals surface area contributed by atoms with Crippen LogP contribution >= 0.6 is 0 Å². The lowest BCUT2D eigenvalue weighted by Gasteiger charge is -2.48. The lowest BCUT2D eigenvalue weighted by atomic mass is 9.71. The fourth-order valence-electron chi connectivity index (χ4n) is 18.0. The molecular formula is C97H132O36. The summed E-state index contributed by atoms with van der Waals surface area (Å²) in [6.45, 7) is 57.0. The average molecular weight is 1870 g/mol. The second kappa shape index (κ2) is 39.8. The number of carbonyl (C=O) groups is 18. The van der Waals surface area contributed by atoms with Gasteiger partial charge in [-0.1, -0.05) is 39.5 Å². The van der Waals surface area contributed by atoms with Gasteiger partial charge in [-0.2, -0.15) is 0 Å². The molecule has 14 aliphatic rings. The predicted octanol–water partition coefficient (Wildman–Crippen LogP) is 11.2. The van der Waals surface area contributed by atoms with Gasteiger partial charge in [-0.25, -0.2) is 57.5 Å².